The molecule has 1 fully saturated rings. The Kier molecular flexibility index (Phi) is 3.29. The van der Waals surface area contributed by atoms with Crippen LogP contribution in [0.25, 0.3) is 0 Å². The molecule has 2 aliphatic rings. The van der Waals surface area contributed by atoms with Gasteiger partial charge in [-0.25, -0.2) is 0 Å². The minimum atomic E-state index is -0.395. The molecule has 0 atom stereocenters. The van der Waals surface area contributed by atoms with Crippen LogP contribution in [0.1, 0.15) is 49.7 Å². The molecule has 0 amide bonds. The van der Waals surface area contributed by atoms with Gasteiger partial charge in [-0.2, -0.15) is 0 Å². The van der Waals surface area contributed by atoms with Crippen LogP contribution >= 0.6 is 0 Å². The summed E-state index contributed by atoms with van der Waals surface area (Å²) in [6.45, 7) is 0.822. The Morgan fingerprint density at radius 1 is 1.17 bits per heavy atom. The van der Waals surface area contributed by atoms with E-state index in [9.17, 15) is 5.11 Å². The van der Waals surface area contributed by atoms with E-state index in [-0.39, 0.29) is 0 Å². The van der Waals surface area contributed by atoms with Gasteiger partial charge >= 0.3 is 0 Å². The topological polar surface area (TPSA) is 29.5 Å². The number of aryl methyl sites for hydroxylation is 1. The lowest BCUT2D eigenvalue weighted by atomic mass is 9.81. The molecule has 0 aromatic heterocycles. The molecule has 2 nitrogen and oxygen atoms in total. The molecule has 2 heteroatoms. The summed E-state index contributed by atoms with van der Waals surface area (Å²) in [4.78, 5) is 0. The number of ether oxygens (including phenoxy) is 1. The minimum Gasteiger partial charge on any atom is -0.493 e. The first kappa shape index (κ1) is 12.0. The molecule has 1 heterocycles. The maximum absolute atomic E-state index is 10.5. The van der Waals surface area contributed by atoms with E-state index in [1.807, 2.05) is 0 Å². The minimum absolute atomic E-state index is 0.395. The van der Waals surface area contributed by atoms with Crippen molar-refractivity contribution in [2.45, 2.75) is 57.0 Å². The number of fused-ring (bicyclic) bond motifs is 1. The first-order valence-electron chi connectivity index (χ1n) is 7.22. The van der Waals surface area contributed by atoms with E-state index >= 15 is 0 Å². The predicted octanol–water partition coefficient (Wildman–Crippen LogP) is 3.25. The molecule has 3 rings (SSSR count). The van der Waals surface area contributed by atoms with Crippen molar-refractivity contribution in [2.24, 2.45) is 0 Å². The molecule has 0 bridgehead atoms. The summed E-state index contributed by atoms with van der Waals surface area (Å²) in [7, 11) is 0. The highest BCUT2D eigenvalue weighted by atomic mass is 16.5. The number of aliphatic hydroxyl groups is 1. The van der Waals surface area contributed by atoms with Gasteiger partial charge in [-0.05, 0) is 42.9 Å². The second-order valence-corrected chi connectivity index (χ2v) is 5.83. The maximum Gasteiger partial charge on any atom is 0.122 e. The van der Waals surface area contributed by atoms with E-state index in [0.717, 1.165) is 44.5 Å². The second-order valence-electron chi connectivity index (χ2n) is 5.83. The highest BCUT2D eigenvalue weighted by Crippen LogP contribution is 2.33. The van der Waals surface area contributed by atoms with E-state index in [0.29, 0.717) is 0 Å². The van der Waals surface area contributed by atoms with Gasteiger partial charge in [0.05, 0.1) is 12.2 Å². The summed E-state index contributed by atoms with van der Waals surface area (Å²) in [6, 6.07) is 6.49. The van der Waals surface area contributed by atoms with Gasteiger partial charge in [-0.3, -0.25) is 0 Å². The third kappa shape index (κ3) is 2.54. The lowest BCUT2D eigenvalue weighted by molar-refractivity contribution is -0.00342. The van der Waals surface area contributed by atoms with Gasteiger partial charge in [0.1, 0.15) is 5.75 Å². The largest absolute Gasteiger partial charge is 0.493 e. The molecule has 98 valence electrons. The summed E-state index contributed by atoms with van der Waals surface area (Å²) < 4.78 is 5.52. The normalized spacial score (nSPS) is 21.4. The van der Waals surface area contributed by atoms with Crippen LogP contribution in [-0.2, 0) is 12.8 Å². The van der Waals surface area contributed by atoms with Gasteiger partial charge in [0.2, 0.25) is 0 Å². The van der Waals surface area contributed by atoms with Gasteiger partial charge < -0.3 is 9.84 Å². The monoisotopic (exact) mass is 246 g/mol. The Labute approximate surface area is 109 Å². The molecule has 1 saturated carbocycles. The third-order valence-corrected chi connectivity index (χ3v) is 4.42. The van der Waals surface area contributed by atoms with Gasteiger partial charge in [-0.1, -0.05) is 31.4 Å². The Bertz CT molecular complexity index is 419. The van der Waals surface area contributed by atoms with Crippen LogP contribution < -0.4 is 4.74 Å². The van der Waals surface area contributed by atoms with Crippen LogP contribution in [-0.4, -0.2) is 17.3 Å². The lowest BCUT2D eigenvalue weighted by Gasteiger charge is -2.32. The average Bonchev–Trinajstić information content (AvgIpc) is 2.85. The summed E-state index contributed by atoms with van der Waals surface area (Å²) in [5, 5.41) is 10.5. The van der Waals surface area contributed by atoms with Gasteiger partial charge in [0, 0.05) is 6.42 Å². The summed E-state index contributed by atoms with van der Waals surface area (Å²) in [5.41, 5.74) is 2.29. The third-order valence-electron chi connectivity index (χ3n) is 4.42. The molecule has 1 aliphatic heterocycles. The van der Waals surface area contributed by atoms with Crippen molar-refractivity contribution >= 4 is 0 Å². The molecule has 0 radical (unpaired) electrons. The van der Waals surface area contributed by atoms with Crippen LogP contribution in [0.15, 0.2) is 18.2 Å². The Morgan fingerprint density at radius 2 is 2.00 bits per heavy atom. The number of benzene rings is 1. The average molecular weight is 246 g/mol. The summed E-state index contributed by atoms with van der Waals surface area (Å²) in [5.74, 6) is 1.05. The Balaban J connectivity index is 1.62. The lowest BCUT2D eigenvalue weighted by Crippen LogP contribution is -2.31. The molecule has 1 aromatic carbocycles. The van der Waals surface area contributed by atoms with Gasteiger partial charge in [0.25, 0.3) is 0 Å². The summed E-state index contributed by atoms with van der Waals surface area (Å²) in [6.07, 6.45) is 8.58. The molecule has 1 N–H and O–H groups in total. The fourth-order valence-electron chi connectivity index (χ4n) is 3.23. The highest BCUT2D eigenvalue weighted by molar-refractivity contribution is 5.39. The fraction of sp³-hybridized carbons (Fsp3) is 0.625. The Morgan fingerprint density at radius 3 is 2.83 bits per heavy atom. The van der Waals surface area contributed by atoms with Crippen molar-refractivity contribution < 1.29 is 9.84 Å². The van der Waals surface area contributed by atoms with Crippen molar-refractivity contribution in [3.05, 3.63) is 29.3 Å². The predicted molar refractivity (Wildman–Crippen MR) is 72.0 cm³/mol. The van der Waals surface area contributed by atoms with Gasteiger partial charge in [0.15, 0.2) is 0 Å². The van der Waals surface area contributed by atoms with E-state index in [2.05, 4.69) is 18.2 Å². The van der Waals surface area contributed by atoms with Crippen molar-refractivity contribution in [2.75, 3.05) is 6.61 Å². The zero-order valence-electron chi connectivity index (χ0n) is 11.0. The standard InChI is InChI=1S/C16H22O2/c17-16(8-2-1-3-9-16)10-6-13-4-5-15-14(12-13)7-11-18-15/h4-5,12,17H,1-3,6-11H2. The SMILES string of the molecule is OC1(CCc2ccc3c(c2)CCO3)CCCCC1. The molecule has 0 unspecified atom stereocenters. The van der Waals surface area contributed by atoms with E-state index < -0.39 is 5.60 Å². The van der Waals surface area contributed by atoms with Crippen molar-refractivity contribution in [3.8, 4) is 5.75 Å². The smallest absolute Gasteiger partial charge is 0.122 e. The first-order valence-corrected chi connectivity index (χ1v) is 7.22. The van der Waals surface area contributed by atoms with Crippen LogP contribution in [0.2, 0.25) is 0 Å². The van der Waals surface area contributed by atoms with Crippen LogP contribution in [0.4, 0.5) is 0 Å². The maximum atomic E-state index is 10.5. The Hall–Kier alpha value is -1.02. The molecule has 0 spiro atoms. The molecular weight excluding hydrogens is 224 g/mol. The quantitative estimate of drug-likeness (QED) is 0.887. The van der Waals surface area contributed by atoms with Gasteiger partial charge in [-0.15, -0.1) is 0 Å². The van der Waals surface area contributed by atoms with Crippen LogP contribution in [0, 0.1) is 0 Å². The fourth-order valence-corrected chi connectivity index (χ4v) is 3.23. The number of hydrogen-bond donors (Lipinski definition) is 1. The molecule has 1 aliphatic carbocycles. The van der Waals surface area contributed by atoms with E-state index in [1.54, 1.807) is 0 Å². The van der Waals surface area contributed by atoms with Crippen molar-refractivity contribution in [1.82, 2.24) is 0 Å². The van der Waals surface area contributed by atoms with E-state index in [4.69, 9.17) is 4.74 Å². The van der Waals surface area contributed by atoms with E-state index in [1.165, 1.54) is 30.4 Å². The summed E-state index contributed by atoms with van der Waals surface area (Å²) >= 11 is 0. The zero-order chi connectivity index (χ0) is 12.4. The van der Waals surface area contributed by atoms with Crippen LogP contribution in [0.3, 0.4) is 0 Å². The second kappa shape index (κ2) is 4.93. The molecule has 1 aromatic rings. The molecule has 18 heavy (non-hydrogen) atoms. The highest BCUT2D eigenvalue weighted by Gasteiger charge is 2.28. The molecule has 0 saturated heterocycles. The van der Waals surface area contributed by atoms with Crippen molar-refractivity contribution in [3.63, 3.8) is 0 Å². The van der Waals surface area contributed by atoms with Crippen LogP contribution in [0.5, 0.6) is 5.75 Å². The first-order chi connectivity index (χ1) is 8.75. The number of hydrogen-bond acceptors (Lipinski definition) is 2. The van der Waals surface area contributed by atoms with Crippen molar-refractivity contribution in [1.29, 1.82) is 0 Å². The molecular formula is C16H22O2. The number of rotatable bonds is 3. The zero-order valence-corrected chi connectivity index (χ0v) is 11.0.